The first-order valence-electron chi connectivity index (χ1n) is 11.2. The number of hydrogen-bond acceptors (Lipinski definition) is 2. The maximum absolute atomic E-state index is 13.7. The number of benzene rings is 3. The van der Waals surface area contributed by atoms with Gasteiger partial charge in [-0.15, -0.1) is 0 Å². The van der Waals surface area contributed by atoms with Crippen LogP contribution in [0.25, 0.3) is 0 Å². The molecule has 0 fully saturated rings. The van der Waals surface area contributed by atoms with Gasteiger partial charge in [0.1, 0.15) is 6.04 Å². The Hall–Kier alpha value is -2.34. The van der Waals surface area contributed by atoms with Crippen molar-refractivity contribution < 1.29 is 9.59 Å². The Morgan fingerprint density at radius 1 is 0.912 bits per heavy atom. The molecule has 34 heavy (non-hydrogen) atoms. The molecule has 1 atom stereocenters. The number of nitrogens with one attached hydrogen (secondary N) is 1. The van der Waals surface area contributed by atoms with Gasteiger partial charge in [0.15, 0.2) is 0 Å². The maximum Gasteiger partial charge on any atom is 0.243 e. The molecule has 0 heterocycles. The van der Waals surface area contributed by atoms with Crippen LogP contribution in [0.15, 0.2) is 77.3 Å². The largest absolute Gasteiger partial charge is 0.354 e. The van der Waals surface area contributed by atoms with E-state index in [1.807, 2.05) is 61.5 Å². The predicted molar refractivity (Wildman–Crippen MR) is 142 cm³/mol. The monoisotopic (exact) mass is 560 g/mol. The lowest BCUT2D eigenvalue weighted by Gasteiger charge is -2.32. The van der Waals surface area contributed by atoms with Crippen molar-refractivity contribution in [2.24, 2.45) is 0 Å². The molecule has 0 aromatic heterocycles. The zero-order valence-corrected chi connectivity index (χ0v) is 22.0. The normalized spacial score (nSPS) is 11.6. The van der Waals surface area contributed by atoms with Gasteiger partial charge in [-0.1, -0.05) is 94.6 Å². The lowest BCUT2D eigenvalue weighted by molar-refractivity contribution is -0.140. The van der Waals surface area contributed by atoms with Gasteiger partial charge in [0.05, 0.1) is 6.42 Å². The molecular weight excluding hydrogens is 535 g/mol. The van der Waals surface area contributed by atoms with Crippen LogP contribution in [0.2, 0.25) is 10.0 Å². The fourth-order valence-corrected chi connectivity index (χ4v) is 4.46. The summed E-state index contributed by atoms with van der Waals surface area (Å²) in [6.45, 7) is 2.82. The van der Waals surface area contributed by atoms with Crippen molar-refractivity contribution in [3.8, 4) is 0 Å². The first-order valence-corrected chi connectivity index (χ1v) is 12.7. The minimum absolute atomic E-state index is 0.00137. The molecule has 1 N–H and O–H groups in total. The third-order valence-electron chi connectivity index (χ3n) is 5.48. The zero-order valence-electron chi connectivity index (χ0n) is 18.9. The van der Waals surface area contributed by atoms with Gasteiger partial charge in [-0.25, -0.2) is 0 Å². The SMILES string of the molecule is CCCNC(=O)[C@@H](Cc1ccccc1)N(Cc1ccc(Br)cc1)C(=O)Cc1c(Cl)cccc1Cl. The van der Waals surface area contributed by atoms with Gasteiger partial charge in [0.2, 0.25) is 11.8 Å². The Labute approximate surface area is 219 Å². The second kappa shape index (κ2) is 12.9. The zero-order chi connectivity index (χ0) is 24.5. The van der Waals surface area contributed by atoms with E-state index in [0.717, 1.165) is 22.0 Å². The first-order chi connectivity index (χ1) is 16.4. The number of nitrogens with zero attached hydrogens (tertiary/aromatic N) is 1. The van der Waals surface area contributed by atoms with Gasteiger partial charge in [-0.3, -0.25) is 9.59 Å². The van der Waals surface area contributed by atoms with Gasteiger partial charge >= 0.3 is 0 Å². The fraction of sp³-hybridized carbons (Fsp3) is 0.259. The second-order valence-corrected chi connectivity index (χ2v) is 9.75. The molecular formula is C27H27BrCl2N2O2. The Bertz CT molecular complexity index is 1090. The van der Waals surface area contributed by atoms with Crippen LogP contribution < -0.4 is 5.32 Å². The van der Waals surface area contributed by atoms with Gasteiger partial charge in [0, 0.05) is 34.0 Å². The van der Waals surface area contributed by atoms with Crippen molar-refractivity contribution >= 4 is 50.9 Å². The average molecular weight is 562 g/mol. The summed E-state index contributed by atoms with van der Waals surface area (Å²) in [5, 5.41) is 3.84. The molecule has 3 aromatic rings. The minimum Gasteiger partial charge on any atom is -0.354 e. The number of halogens is 3. The molecule has 0 aliphatic carbocycles. The molecule has 0 saturated heterocycles. The van der Waals surface area contributed by atoms with Crippen LogP contribution in [-0.2, 0) is 29.0 Å². The summed E-state index contributed by atoms with van der Waals surface area (Å²) in [7, 11) is 0. The van der Waals surface area contributed by atoms with Crippen molar-refractivity contribution in [3.63, 3.8) is 0 Å². The molecule has 0 aliphatic rings. The highest BCUT2D eigenvalue weighted by atomic mass is 79.9. The highest BCUT2D eigenvalue weighted by Crippen LogP contribution is 2.26. The highest BCUT2D eigenvalue weighted by Gasteiger charge is 2.30. The van der Waals surface area contributed by atoms with Crippen LogP contribution in [0.1, 0.15) is 30.0 Å². The number of rotatable bonds is 10. The molecule has 3 aromatic carbocycles. The van der Waals surface area contributed by atoms with E-state index >= 15 is 0 Å². The van der Waals surface area contributed by atoms with Crippen LogP contribution in [0, 0.1) is 0 Å². The van der Waals surface area contributed by atoms with E-state index in [1.54, 1.807) is 23.1 Å². The maximum atomic E-state index is 13.7. The number of amides is 2. The second-order valence-electron chi connectivity index (χ2n) is 8.02. The van der Waals surface area contributed by atoms with E-state index in [9.17, 15) is 9.59 Å². The number of carbonyl (C=O) groups excluding carboxylic acids is 2. The quantitative estimate of drug-likeness (QED) is 0.308. The molecule has 178 valence electrons. The van der Waals surface area contributed by atoms with Crippen LogP contribution in [0.4, 0.5) is 0 Å². The average Bonchev–Trinajstić information content (AvgIpc) is 2.84. The molecule has 0 radical (unpaired) electrons. The van der Waals surface area contributed by atoms with E-state index in [1.165, 1.54) is 0 Å². The van der Waals surface area contributed by atoms with Crippen LogP contribution in [0.5, 0.6) is 0 Å². The Balaban J connectivity index is 1.98. The Morgan fingerprint density at radius 2 is 1.56 bits per heavy atom. The molecule has 3 rings (SSSR count). The van der Waals surface area contributed by atoms with E-state index in [0.29, 0.717) is 28.6 Å². The summed E-state index contributed by atoms with van der Waals surface area (Å²) in [6, 6.07) is 21.9. The summed E-state index contributed by atoms with van der Waals surface area (Å²) < 4.78 is 0.943. The topological polar surface area (TPSA) is 49.4 Å². The molecule has 0 saturated carbocycles. The van der Waals surface area contributed by atoms with Crippen LogP contribution >= 0.6 is 39.1 Å². The molecule has 0 aliphatic heterocycles. The smallest absolute Gasteiger partial charge is 0.243 e. The third kappa shape index (κ3) is 7.33. The van der Waals surface area contributed by atoms with Crippen molar-refractivity contribution in [1.82, 2.24) is 10.2 Å². The molecule has 2 amide bonds. The standard InChI is InChI=1S/C27H27BrCl2N2O2/c1-2-15-31-27(34)25(16-19-7-4-3-5-8-19)32(18-20-11-13-21(28)14-12-20)26(33)17-22-23(29)9-6-10-24(22)30/h3-14,25H,2,15-18H2,1H3,(H,31,34)/t25-/m1/s1. The summed E-state index contributed by atoms with van der Waals surface area (Å²) in [4.78, 5) is 28.7. The van der Waals surface area contributed by atoms with Crippen molar-refractivity contribution in [2.45, 2.75) is 38.8 Å². The van der Waals surface area contributed by atoms with Crippen molar-refractivity contribution in [2.75, 3.05) is 6.54 Å². The molecule has 7 heteroatoms. The van der Waals surface area contributed by atoms with E-state index in [2.05, 4.69) is 21.2 Å². The van der Waals surface area contributed by atoms with Crippen LogP contribution in [-0.4, -0.2) is 29.3 Å². The lowest BCUT2D eigenvalue weighted by atomic mass is 10.0. The van der Waals surface area contributed by atoms with E-state index in [-0.39, 0.29) is 24.8 Å². The van der Waals surface area contributed by atoms with E-state index in [4.69, 9.17) is 23.2 Å². The lowest BCUT2D eigenvalue weighted by Crippen LogP contribution is -2.51. The van der Waals surface area contributed by atoms with Gasteiger partial charge in [-0.05, 0) is 47.4 Å². The fourth-order valence-electron chi connectivity index (χ4n) is 3.66. The molecule has 0 spiro atoms. The van der Waals surface area contributed by atoms with Gasteiger partial charge in [-0.2, -0.15) is 0 Å². The van der Waals surface area contributed by atoms with Gasteiger partial charge in [0.25, 0.3) is 0 Å². The Morgan fingerprint density at radius 3 is 2.18 bits per heavy atom. The minimum atomic E-state index is -0.689. The number of hydrogen-bond donors (Lipinski definition) is 1. The van der Waals surface area contributed by atoms with Gasteiger partial charge < -0.3 is 10.2 Å². The highest BCUT2D eigenvalue weighted by molar-refractivity contribution is 9.10. The molecule has 4 nitrogen and oxygen atoms in total. The summed E-state index contributed by atoms with van der Waals surface area (Å²) >= 11 is 16.2. The van der Waals surface area contributed by atoms with Crippen molar-refractivity contribution in [3.05, 3.63) is 104 Å². The van der Waals surface area contributed by atoms with Crippen molar-refractivity contribution in [1.29, 1.82) is 0 Å². The molecule has 0 bridgehead atoms. The third-order valence-corrected chi connectivity index (χ3v) is 6.71. The predicted octanol–water partition coefficient (Wildman–Crippen LogP) is 6.46. The van der Waals surface area contributed by atoms with E-state index < -0.39 is 6.04 Å². The summed E-state index contributed by atoms with van der Waals surface area (Å²) in [6.07, 6.45) is 1.20. The number of carbonyl (C=O) groups is 2. The van der Waals surface area contributed by atoms with Crippen LogP contribution in [0.3, 0.4) is 0 Å². The Kier molecular flexibility index (Phi) is 10.00. The molecule has 0 unspecified atom stereocenters. The summed E-state index contributed by atoms with van der Waals surface area (Å²) in [5.41, 5.74) is 2.45. The first kappa shape index (κ1) is 26.3. The summed E-state index contributed by atoms with van der Waals surface area (Å²) in [5.74, 6) is -0.396.